The van der Waals surface area contributed by atoms with Gasteiger partial charge in [-0.1, -0.05) is 67.9 Å². The van der Waals surface area contributed by atoms with Crippen molar-refractivity contribution >= 4 is 17.0 Å². The van der Waals surface area contributed by atoms with Crippen LogP contribution < -0.4 is 5.73 Å². The number of aryl methyl sites for hydroxylation is 1. The number of nitrogens with one attached hydrogen (secondary N) is 1. The van der Waals surface area contributed by atoms with Crippen molar-refractivity contribution in [1.82, 2.24) is 20.4 Å². The molecule has 5 rings (SSSR count). The molecule has 4 aromatic rings. The average Bonchev–Trinajstić information content (AvgIpc) is 3.37. The maximum absolute atomic E-state index is 6.11. The summed E-state index contributed by atoms with van der Waals surface area (Å²) in [5.41, 5.74) is 13.2. The van der Waals surface area contributed by atoms with E-state index in [1.54, 1.807) is 0 Å². The molecule has 0 spiro atoms. The van der Waals surface area contributed by atoms with Crippen LogP contribution in [-0.4, -0.2) is 20.4 Å². The van der Waals surface area contributed by atoms with E-state index in [2.05, 4.69) is 81.9 Å². The van der Waals surface area contributed by atoms with Gasteiger partial charge in [0.2, 0.25) is 5.65 Å². The molecule has 0 saturated heterocycles. The summed E-state index contributed by atoms with van der Waals surface area (Å²) in [4.78, 5) is 4.32. The molecule has 3 N–H and O–H groups in total. The highest BCUT2D eigenvalue weighted by molar-refractivity contribution is 5.77. The molecule has 152 valence electrons. The topological polar surface area (TPSA) is 80.5 Å². The largest absolute Gasteiger partial charge is 0.384 e. The molecule has 2 heterocycles. The van der Waals surface area contributed by atoms with Gasteiger partial charge in [0.15, 0.2) is 0 Å². The Hall–Kier alpha value is -3.21. The zero-order valence-corrected chi connectivity index (χ0v) is 17.3. The van der Waals surface area contributed by atoms with Crippen molar-refractivity contribution in [3.63, 3.8) is 0 Å². The highest BCUT2D eigenvalue weighted by Gasteiger charge is 2.33. The first kappa shape index (κ1) is 18.8. The lowest BCUT2D eigenvalue weighted by atomic mass is 9.77. The molecule has 5 heteroatoms. The fourth-order valence-electron chi connectivity index (χ4n) is 5.16. The molecule has 0 bridgehead atoms. The van der Waals surface area contributed by atoms with E-state index >= 15 is 0 Å². The van der Waals surface area contributed by atoms with Crippen LogP contribution >= 0.6 is 0 Å². The lowest BCUT2D eigenvalue weighted by Crippen LogP contribution is -2.18. The van der Waals surface area contributed by atoms with E-state index < -0.39 is 0 Å². The molecule has 5 nitrogen and oxygen atoms in total. The molecule has 2 aromatic carbocycles. The minimum absolute atomic E-state index is 0.212. The maximum Gasteiger partial charge on any atom is 0.203 e. The van der Waals surface area contributed by atoms with Crippen LogP contribution in [0.15, 0.2) is 60.7 Å². The first-order chi connectivity index (χ1) is 14.6. The van der Waals surface area contributed by atoms with Crippen molar-refractivity contribution in [3.8, 4) is 0 Å². The Labute approximate surface area is 176 Å². The third kappa shape index (κ3) is 3.34. The van der Waals surface area contributed by atoms with Crippen molar-refractivity contribution in [2.24, 2.45) is 0 Å². The van der Waals surface area contributed by atoms with Crippen LogP contribution in [0.5, 0.6) is 0 Å². The lowest BCUT2D eigenvalue weighted by molar-refractivity contribution is 0.406. The van der Waals surface area contributed by atoms with Crippen LogP contribution in [0, 0.1) is 0 Å². The fourth-order valence-corrected chi connectivity index (χ4v) is 5.16. The molecule has 0 saturated carbocycles. The Morgan fingerprint density at radius 3 is 2.73 bits per heavy atom. The summed E-state index contributed by atoms with van der Waals surface area (Å²) in [6.07, 6.45) is 5.77. The van der Waals surface area contributed by atoms with Crippen molar-refractivity contribution in [2.75, 3.05) is 5.73 Å². The molecule has 1 aliphatic carbocycles. The van der Waals surface area contributed by atoms with Gasteiger partial charge in [-0.25, -0.2) is 4.98 Å². The fraction of sp³-hybridized carbons (Fsp3) is 0.320. The number of pyridine rings is 1. The average molecular weight is 398 g/mol. The maximum atomic E-state index is 6.11. The van der Waals surface area contributed by atoms with Crippen LogP contribution in [0.4, 0.5) is 5.82 Å². The van der Waals surface area contributed by atoms with Crippen molar-refractivity contribution in [3.05, 3.63) is 82.9 Å². The summed E-state index contributed by atoms with van der Waals surface area (Å²) in [6, 6.07) is 21.6. The van der Waals surface area contributed by atoms with Gasteiger partial charge >= 0.3 is 0 Å². The second kappa shape index (κ2) is 7.56. The summed E-state index contributed by atoms with van der Waals surface area (Å²) in [5, 5.41) is 11.3. The second-order valence-corrected chi connectivity index (χ2v) is 8.71. The van der Waals surface area contributed by atoms with E-state index in [1.165, 1.54) is 36.0 Å². The SMILES string of the molecule is CC1(CCCC(c2ccccc2)c2cc(N)nc3n[nH]nc23)CCc2ccccc21. The molecule has 0 aliphatic heterocycles. The number of nitrogen functional groups attached to an aromatic ring is 1. The third-order valence-corrected chi connectivity index (χ3v) is 6.75. The Morgan fingerprint density at radius 1 is 1.07 bits per heavy atom. The van der Waals surface area contributed by atoms with Gasteiger partial charge in [-0.2, -0.15) is 10.3 Å². The van der Waals surface area contributed by atoms with E-state index in [4.69, 9.17) is 5.73 Å². The molecule has 30 heavy (non-hydrogen) atoms. The number of H-pyrrole nitrogens is 1. The van der Waals surface area contributed by atoms with Crippen LogP contribution in [0.3, 0.4) is 0 Å². The van der Waals surface area contributed by atoms with Crippen LogP contribution in [0.1, 0.15) is 60.8 Å². The Morgan fingerprint density at radius 2 is 1.87 bits per heavy atom. The number of anilines is 1. The molecule has 1 aliphatic rings. The number of rotatable bonds is 6. The molecule has 2 atom stereocenters. The Balaban J connectivity index is 1.44. The highest BCUT2D eigenvalue weighted by Crippen LogP contribution is 2.43. The number of hydrogen-bond donors (Lipinski definition) is 2. The lowest BCUT2D eigenvalue weighted by Gasteiger charge is -2.27. The minimum Gasteiger partial charge on any atom is -0.384 e. The van der Waals surface area contributed by atoms with Gasteiger partial charge in [0.25, 0.3) is 0 Å². The van der Waals surface area contributed by atoms with Gasteiger partial charge in [0, 0.05) is 5.92 Å². The number of fused-ring (bicyclic) bond motifs is 2. The Kier molecular flexibility index (Phi) is 4.74. The van der Waals surface area contributed by atoms with Gasteiger partial charge in [-0.15, -0.1) is 5.10 Å². The number of nitrogens with zero attached hydrogens (tertiary/aromatic N) is 3. The third-order valence-electron chi connectivity index (χ3n) is 6.75. The Bertz CT molecular complexity index is 1170. The summed E-state index contributed by atoms with van der Waals surface area (Å²) >= 11 is 0. The predicted octanol–water partition coefficient (Wildman–Crippen LogP) is 5.14. The van der Waals surface area contributed by atoms with Crippen molar-refractivity contribution in [2.45, 2.75) is 50.4 Å². The van der Waals surface area contributed by atoms with E-state index in [9.17, 15) is 0 Å². The quantitative estimate of drug-likeness (QED) is 0.472. The van der Waals surface area contributed by atoms with E-state index in [-0.39, 0.29) is 11.3 Å². The molecular weight excluding hydrogens is 370 g/mol. The summed E-state index contributed by atoms with van der Waals surface area (Å²) in [6.45, 7) is 2.43. The van der Waals surface area contributed by atoms with Gasteiger partial charge in [-0.3, -0.25) is 0 Å². The number of aromatic nitrogens is 4. The zero-order valence-electron chi connectivity index (χ0n) is 17.3. The minimum atomic E-state index is 0.212. The van der Waals surface area contributed by atoms with Gasteiger partial charge < -0.3 is 5.73 Å². The molecular formula is C25H27N5. The number of benzene rings is 2. The number of aromatic amines is 1. The van der Waals surface area contributed by atoms with Crippen LogP contribution in [-0.2, 0) is 11.8 Å². The van der Waals surface area contributed by atoms with Crippen LogP contribution in [0.2, 0.25) is 0 Å². The van der Waals surface area contributed by atoms with Gasteiger partial charge in [-0.05, 0) is 59.4 Å². The normalized spacial score (nSPS) is 19.1. The van der Waals surface area contributed by atoms with Crippen molar-refractivity contribution < 1.29 is 0 Å². The van der Waals surface area contributed by atoms with E-state index in [0.717, 1.165) is 23.9 Å². The standard InChI is InChI=1S/C25H27N5/c1-25(15-13-18-10-5-6-12-21(18)25)14-7-11-19(17-8-3-2-4-9-17)20-16-22(26)27-24-23(20)28-30-29-24/h2-6,8-10,12,16,19H,7,11,13-15H2,1H3,(H3,26,27,28,29,30). The molecule has 0 fully saturated rings. The summed E-state index contributed by atoms with van der Waals surface area (Å²) in [7, 11) is 0. The van der Waals surface area contributed by atoms with E-state index in [1.807, 2.05) is 6.07 Å². The monoisotopic (exact) mass is 397 g/mol. The molecule has 0 radical (unpaired) electrons. The zero-order chi connectivity index (χ0) is 20.6. The molecule has 2 aromatic heterocycles. The smallest absolute Gasteiger partial charge is 0.203 e. The van der Waals surface area contributed by atoms with E-state index in [0.29, 0.717) is 11.5 Å². The predicted molar refractivity (Wildman–Crippen MR) is 120 cm³/mol. The first-order valence-corrected chi connectivity index (χ1v) is 10.7. The summed E-state index contributed by atoms with van der Waals surface area (Å²) < 4.78 is 0. The molecule has 0 amide bonds. The van der Waals surface area contributed by atoms with Gasteiger partial charge in [0.1, 0.15) is 11.3 Å². The number of nitrogens with two attached hydrogens (primary N) is 1. The van der Waals surface area contributed by atoms with Crippen LogP contribution in [0.25, 0.3) is 11.2 Å². The van der Waals surface area contributed by atoms with Gasteiger partial charge in [0.05, 0.1) is 0 Å². The van der Waals surface area contributed by atoms with Crippen molar-refractivity contribution in [1.29, 1.82) is 0 Å². The number of hydrogen-bond acceptors (Lipinski definition) is 4. The molecule has 2 unspecified atom stereocenters. The summed E-state index contributed by atoms with van der Waals surface area (Å²) in [5.74, 6) is 0.702. The first-order valence-electron chi connectivity index (χ1n) is 10.7. The highest BCUT2D eigenvalue weighted by atomic mass is 15.3. The second-order valence-electron chi connectivity index (χ2n) is 8.71.